The van der Waals surface area contributed by atoms with Crippen LogP contribution in [0.4, 0.5) is 8.78 Å². The Morgan fingerprint density at radius 2 is 2.03 bits per heavy atom. The standard InChI is InChI=1S/C24H18F2N4O2/c1-30-11-3-6-18(24(30)32)17(19-13-15(25)7-8-20(19)26)5-2-4-14-12-21(22(27)31)29-23-16(14)9-10-28-23/h3,6-13,17H,5H2,1H3,(H2,27,31)(H,28,29). The Bertz CT molecular complexity index is 1460. The quantitative estimate of drug-likeness (QED) is 0.485. The highest BCUT2D eigenvalue weighted by Gasteiger charge is 2.21. The number of nitrogens with one attached hydrogen (secondary N) is 1. The molecule has 32 heavy (non-hydrogen) atoms. The van der Waals surface area contributed by atoms with Crippen molar-refractivity contribution >= 4 is 16.9 Å². The molecule has 0 saturated heterocycles. The number of carbonyl (C=O) groups excluding carboxylic acids is 1. The van der Waals surface area contributed by atoms with Crippen molar-refractivity contribution in [2.75, 3.05) is 0 Å². The van der Waals surface area contributed by atoms with Crippen LogP contribution in [0, 0.1) is 23.5 Å². The van der Waals surface area contributed by atoms with Gasteiger partial charge in [0.15, 0.2) is 0 Å². The van der Waals surface area contributed by atoms with E-state index in [-0.39, 0.29) is 23.2 Å². The summed E-state index contributed by atoms with van der Waals surface area (Å²) in [7, 11) is 1.58. The Labute approximate surface area is 181 Å². The first-order chi connectivity index (χ1) is 15.3. The van der Waals surface area contributed by atoms with E-state index in [0.717, 1.165) is 18.2 Å². The van der Waals surface area contributed by atoms with Gasteiger partial charge in [0.1, 0.15) is 23.0 Å². The Morgan fingerprint density at radius 3 is 2.81 bits per heavy atom. The number of benzene rings is 1. The van der Waals surface area contributed by atoms with Gasteiger partial charge in [0.2, 0.25) is 0 Å². The zero-order chi connectivity index (χ0) is 22.8. The van der Waals surface area contributed by atoms with Crippen LogP contribution in [-0.2, 0) is 7.05 Å². The number of fused-ring (bicyclic) bond motifs is 1. The third-order valence-corrected chi connectivity index (χ3v) is 5.17. The molecule has 8 heteroatoms. The van der Waals surface area contributed by atoms with E-state index in [1.807, 2.05) is 0 Å². The second-order valence-corrected chi connectivity index (χ2v) is 7.26. The van der Waals surface area contributed by atoms with E-state index in [4.69, 9.17) is 5.73 Å². The molecule has 1 atom stereocenters. The third-order valence-electron chi connectivity index (χ3n) is 5.17. The summed E-state index contributed by atoms with van der Waals surface area (Å²) >= 11 is 0. The Morgan fingerprint density at radius 1 is 1.22 bits per heavy atom. The molecule has 4 aromatic rings. The molecular formula is C24H18F2N4O2. The summed E-state index contributed by atoms with van der Waals surface area (Å²) in [4.78, 5) is 31.4. The minimum Gasteiger partial charge on any atom is -0.364 e. The van der Waals surface area contributed by atoms with Gasteiger partial charge in [0.05, 0.1) is 0 Å². The van der Waals surface area contributed by atoms with Crippen LogP contribution >= 0.6 is 0 Å². The van der Waals surface area contributed by atoms with E-state index in [9.17, 15) is 18.4 Å². The maximum Gasteiger partial charge on any atom is 0.267 e. The lowest BCUT2D eigenvalue weighted by Gasteiger charge is -2.16. The van der Waals surface area contributed by atoms with Crippen LogP contribution in [0.1, 0.15) is 39.5 Å². The summed E-state index contributed by atoms with van der Waals surface area (Å²) in [5, 5.41) is 0.687. The van der Waals surface area contributed by atoms with Crippen LogP contribution in [0.15, 0.2) is 59.7 Å². The maximum absolute atomic E-state index is 14.6. The predicted molar refractivity (Wildman–Crippen MR) is 116 cm³/mol. The van der Waals surface area contributed by atoms with E-state index in [2.05, 4.69) is 21.8 Å². The Hall–Kier alpha value is -4.25. The zero-order valence-corrected chi connectivity index (χ0v) is 17.0. The number of amides is 1. The average Bonchev–Trinajstić information content (AvgIpc) is 3.24. The molecule has 3 N–H and O–H groups in total. The van der Waals surface area contributed by atoms with E-state index >= 15 is 0 Å². The van der Waals surface area contributed by atoms with Crippen molar-refractivity contribution in [3.8, 4) is 11.8 Å². The van der Waals surface area contributed by atoms with Crippen LogP contribution in [0.2, 0.25) is 0 Å². The Balaban J connectivity index is 1.80. The fraction of sp³-hybridized carbons (Fsp3) is 0.125. The van der Waals surface area contributed by atoms with Crippen molar-refractivity contribution in [1.29, 1.82) is 0 Å². The predicted octanol–water partition coefficient (Wildman–Crippen LogP) is 3.21. The zero-order valence-electron chi connectivity index (χ0n) is 17.0. The van der Waals surface area contributed by atoms with Gasteiger partial charge < -0.3 is 15.3 Å². The largest absolute Gasteiger partial charge is 0.364 e. The topological polar surface area (TPSA) is 93.8 Å². The number of aromatic nitrogens is 3. The first-order valence-electron chi connectivity index (χ1n) is 9.72. The fourth-order valence-corrected chi connectivity index (χ4v) is 3.57. The third kappa shape index (κ3) is 4.01. The number of primary amides is 1. The summed E-state index contributed by atoms with van der Waals surface area (Å²) in [6, 6.07) is 9.62. The molecule has 1 unspecified atom stereocenters. The maximum atomic E-state index is 14.6. The molecule has 0 spiro atoms. The summed E-state index contributed by atoms with van der Waals surface area (Å²) < 4.78 is 29.9. The van der Waals surface area contributed by atoms with Gasteiger partial charge in [-0.25, -0.2) is 13.8 Å². The van der Waals surface area contributed by atoms with Gasteiger partial charge in [-0.1, -0.05) is 17.9 Å². The van der Waals surface area contributed by atoms with Crippen LogP contribution < -0.4 is 11.3 Å². The van der Waals surface area contributed by atoms with E-state index in [1.54, 1.807) is 37.6 Å². The number of carbonyl (C=O) groups is 1. The number of nitrogens with zero attached hydrogens (tertiary/aromatic N) is 2. The first-order valence-corrected chi connectivity index (χ1v) is 9.72. The molecule has 0 saturated carbocycles. The SMILES string of the molecule is Cn1cccc(C(CC#Cc2cc(C(N)=O)nc3[nH]ccc23)c2cc(F)ccc2F)c1=O. The number of aromatic amines is 1. The lowest BCUT2D eigenvalue weighted by atomic mass is 9.89. The van der Waals surface area contributed by atoms with Gasteiger partial charge in [-0.05, 0) is 42.0 Å². The second kappa shape index (κ2) is 8.47. The van der Waals surface area contributed by atoms with Crippen molar-refractivity contribution in [2.24, 2.45) is 12.8 Å². The van der Waals surface area contributed by atoms with Gasteiger partial charge in [0, 0.05) is 48.3 Å². The molecule has 0 fully saturated rings. The van der Waals surface area contributed by atoms with E-state index < -0.39 is 23.5 Å². The minimum absolute atomic E-state index is 0.0414. The number of aryl methyl sites for hydroxylation is 1. The van der Waals surface area contributed by atoms with Gasteiger partial charge in [-0.2, -0.15) is 0 Å². The van der Waals surface area contributed by atoms with Gasteiger partial charge in [-0.15, -0.1) is 0 Å². The Kier molecular flexibility index (Phi) is 5.56. The van der Waals surface area contributed by atoms with Crippen LogP contribution in [-0.4, -0.2) is 20.4 Å². The number of hydrogen-bond donors (Lipinski definition) is 2. The summed E-state index contributed by atoms with van der Waals surface area (Å²) in [5.41, 5.74) is 6.38. The molecule has 6 nitrogen and oxygen atoms in total. The lowest BCUT2D eigenvalue weighted by molar-refractivity contribution is 0.0996. The number of rotatable bonds is 4. The van der Waals surface area contributed by atoms with Crippen molar-refractivity contribution in [3.63, 3.8) is 0 Å². The highest BCUT2D eigenvalue weighted by molar-refractivity contribution is 5.95. The smallest absolute Gasteiger partial charge is 0.267 e. The summed E-state index contributed by atoms with van der Waals surface area (Å²) in [5.74, 6) is 3.19. The number of halogens is 2. The second-order valence-electron chi connectivity index (χ2n) is 7.26. The highest BCUT2D eigenvalue weighted by Crippen LogP contribution is 2.28. The number of pyridine rings is 2. The normalized spacial score (nSPS) is 11.7. The lowest BCUT2D eigenvalue weighted by Crippen LogP contribution is -2.23. The molecule has 160 valence electrons. The van der Waals surface area contributed by atoms with Crippen molar-refractivity contribution in [3.05, 3.63) is 99.2 Å². The highest BCUT2D eigenvalue weighted by atomic mass is 19.1. The molecule has 1 amide bonds. The summed E-state index contributed by atoms with van der Waals surface area (Å²) in [6.07, 6.45) is 3.29. The van der Waals surface area contributed by atoms with Gasteiger partial charge in [0.25, 0.3) is 11.5 Å². The van der Waals surface area contributed by atoms with Crippen LogP contribution in [0.5, 0.6) is 0 Å². The van der Waals surface area contributed by atoms with Gasteiger partial charge >= 0.3 is 0 Å². The monoisotopic (exact) mass is 432 g/mol. The average molecular weight is 432 g/mol. The van der Waals surface area contributed by atoms with Gasteiger partial charge in [-0.3, -0.25) is 9.59 Å². The fourth-order valence-electron chi connectivity index (χ4n) is 3.57. The van der Waals surface area contributed by atoms with Crippen LogP contribution in [0.25, 0.3) is 11.0 Å². The summed E-state index contributed by atoms with van der Waals surface area (Å²) in [6.45, 7) is 0. The minimum atomic E-state index is -0.794. The molecule has 3 aromatic heterocycles. The molecule has 1 aromatic carbocycles. The molecule has 0 aliphatic carbocycles. The number of nitrogens with two attached hydrogens (primary N) is 1. The molecule has 0 aliphatic rings. The molecular weight excluding hydrogens is 414 g/mol. The van der Waals surface area contributed by atoms with Crippen LogP contribution in [0.3, 0.4) is 0 Å². The first kappa shape index (κ1) is 21.0. The molecule has 0 radical (unpaired) electrons. The molecule has 0 bridgehead atoms. The van der Waals surface area contributed by atoms with Crippen molar-refractivity contribution in [1.82, 2.24) is 14.5 Å². The molecule has 4 rings (SSSR count). The van der Waals surface area contributed by atoms with Crippen molar-refractivity contribution in [2.45, 2.75) is 12.3 Å². The number of hydrogen-bond acceptors (Lipinski definition) is 3. The van der Waals surface area contributed by atoms with Crippen molar-refractivity contribution < 1.29 is 13.6 Å². The number of H-pyrrole nitrogens is 1. The molecule has 3 heterocycles. The van der Waals surface area contributed by atoms with E-state index in [1.165, 1.54) is 10.6 Å². The molecule has 0 aliphatic heterocycles. The van der Waals surface area contributed by atoms with E-state index in [0.29, 0.717) is 22.2 Å².